The molecule has 1 atom stereocenters. The first-order chi connectivity index (χ1) is 9.47. The molecule has 0 aliphatic carbocycles. The highest BCUT2D eigenvalue weighted by Crippen LogP contribution is 2.29. The SMILES string of the molecule is C[C@H](O)c1ccc(OCc2cc(Cl)ccc2Cl)c(Cl)c1. The number of halogens is 3. The van der Waals surface area contributed by atoms with Gasteiger partial charge in [-0.15, -0.1) is 0 Å². The maximum Gasteiger partial charge on any atom is 0.138 e. The molecular weight excluding hydrogens is 319 g/mol. The molecule has 0 aliphatic heterocycles. The van der Waals surface area contributed by atoms with E-state index >= 15 is 0 Å². The van der Waals surface area contributed by atoms with Gasteiger partial charge in [0.25, 0.3) is 0 Å². The molecule has 2 rings (SSSR count). The Balaban J connectivity index is 2.13. The van der Waals surface area contributed by atoms with Gasteiger partial charge in [-0.05, 0) is 42.8 Å². The summed E-state index contributed by atoms with van der Waals surface area (Å²) in [5.41, 5.74) is 1.53. The molecule has 0 saturated heterocycles. The third-order valence-electron chi connectivity index (χ3n) is 2.83. The van der Waals surface area contributed by atoms with Gasteiger partial charge in [0.05, 0.1) is 11.1 Å². The summed E-state index contributed by atoms with van der Waals surface area (Å²) in [7, 11) is 0. The van der Waals surface area contributed by atoms with Gasteiger partial charge in [0.15, 0.2) is 0 Å². The Bertz CT molecular complexity index is 612. The van der Waals surface area contributed by atoms with E-state index in [9.17, 15) is 5.11 Å². The number of hydrogen-bond donors (Lipinski definition) is 1. The molecule has 0 spiro atoms. The highest BCUT2D eigenvalue weighted by molar-refractivity contribution is 6.33. The number of benzene rings is 2. The maximum atomic E-state index is 9.48. The third-order valence-corrected chi connectivity index (χ3v) is 3.73. The Morgan fingerprint density at radius 1 is 1.05 bits per heavy atom. The standard InChI is InChI=1S/C15H13Cl3O2/c1-9(19)10-2-5-15(14(18)7-10)20-8-11-6-12(16)3-4-13(11)17/h2-7,9,19H,8H2,1H3/t9-/m0/s1. The maximum absolute atomic E-state index is 9.48. The van der Waals surface area contributed by atoms with Crippen LogP contribution >= 0.6 is 34.8 Å². The van der Waals surface area contributed by atoms with Crippen molar-refractivity contribution >= 4 is 34.8 Å². The van der Waals surface area contributed by atoms with Gasteiger partial charge in [0.1, 0.15) is 12.4 Å². The van der Waals surface area contributed by atoms with E-state index in [-0.39, 0.29) is 6.61 Å². The van der Waals surface area contributed by atoms with Gasteiger partial charge in [-0.1, -0.05) is 40.9 Å². The lowest BCUT2D eigenvalue weighted by Gasteiger charge is -2.12. The number of hydrogen-bond acceptors (Lipinski definition) is 2. The summed E-state index contributed by atoms with van der Waals surface area (Å²) in [6.45, 7) is 1.95. The summed E-state index contributed by atoms with van der Waals surface area (Å²) in [5, 5.41) is 11.1. The van der Waals surface area contributed by atoms with Crippen molar-refractivity contribution in [2.24, 2.45) is 0 Å². The molecule has 0 heterocycles. The van der Waals surface area contributed by atoms with Crippen LogP contribution in [0.4, 0.5) is 0 Å². The summed E-state index contributed by atoms with van der Waals surface area (Å²) in [5.74, 6) is 0.534. The minimum Gasteiger partial charge on any atom is -0.487 e. The van der Waals surface area contributed by atoms with Crippen LogP contribution in [-0.4, -0.2) is 5.11 Å². The van der Waals surface area contributed by atoms with Crippen LogP contribution in [0.3, 0.4) is 0 Å². The van der Waals surface area contributed by atoms with E-state index in [1.165, 1.54) is 0 Å². The number of ether oxygens (including phenoxy) is 1. The average Bonchev–Trinajstić information content (AvgIpc) is 2.40. The Hall–Kier alpha value is -0.930. The minimum absolute atomic E-state index is 0.271. The highest BCUT2D eigenvalue weighted by Gasteiger charge is 2.08. The molecule has 0 unspecified atom stereocenters. The van der Waals surface area contributed by atoms with Gasteiger partial charge < -0.3 is 9.84 Å². The lowest BCUT2D eigenvalue weighted by atomic mass is 10.1. The molecular formula is C15H13Cl3O2. The lowest BCUT2D eigenvalue weighted by Crippen LogP contribution is -1.98. The molecule has 5 heteroatoms. The van der Waals surface area contributed by atoms with E-state index in [2.05, 4.69) is 0 Å². The van der Waals surface area contributed by atoms with E-state index in [0.29, 0.717) is 20.8 Å². The van der Waals surface area contributed by atoms with Crippen LogP contribution in [0, 0.1) is 0 Å². The molecule has 2 aromatic carbocycles. The van der Waals surface area contributed by atoms with Crippen LogP contribution in [-0.2, 0) is 6.61 Å². The Morgan fingerprint density at radius 3 is 2.45 bits per heavy atom. The van der Waals surface area contributed by atoms with Crippen LogP contribution in [0.1, 0.15) is 24.2 Å². The van der Waals surface area contributed by atoms with E-state index in [0.717, 1.165) is 11.1 Å². The fourth-order valence-corrected chi connectivity index (χ4v) is 2.31. The van der Waals surface area contributed by atoms with Gasteiger partial charge in [0, 0.05) is 15.6 Å². The van der Waals surface area contributed by atoms with E-state index in [4.69, 9.17) is 39.5 Å². The summed E-state index contributed by atoms with van der Waals surface area (Å²) < 4.78 is 5.64. The molecule has 0 aliphatic rings. The topological polar surface area (TPSA) is 29.5 Å². The molecule has 0 radical (unpaired) electrons. The highest BCUT2D eigenvalue weighted by atomic mass is 35.5. The van der Waals surface area contributed by atoms with Crippen LogP contribution in [0.5, 0.6) is 5.75 Å². The van der Waals surface area contributed by atoms with Crippen LogP contribution in [0.25, 0.3) is 0 Å². The van der Waals surface area contributed by atoms with Crippen LogP contribution in [0.2, 0.25) is 15.1 Å². The first-order valence-electron chi connectivity index (χ1n) is 6.01. The molecule has 0 aromatic heterocycles. The second-order valence-electron chi connectivity index (χ2n) is 4.39. The fourth-order valence-electron chi connectivity index (χ4n) is 1.70. The van der Waals surface area contributed by atoms with Gasteiger partial charge in [-0.2, -0.15) is 0 Å². The fraction of sp³-hybridized carbons (Fsp3) is 0.200. The van der Waals surface area contributed by atoms with E-state index in [1.807, 2.05) is 0 Å². The van der Waals surface area contributed by atoms with Crippen molar-refractivity contribution < 1.29 is 9.84 Å². The Kier molecular flexibility index (Phi) is 5.17. The molecule has 106 valence electrons. The van der Waals surface area contributed by atoms with Gasteiger partial charge in [-0.25, -0.2) is 0 Å². The van der Waals surface area contributed by atoms with Crippen molar-refractivity contribution in [1.82, 2.24) is 0 Å². The van der Waals surface area contributed by atoms with Crippen molar-refractivity contribution in [2.45, 2.75) is 19.6 Å². The van der Waals surface area contributed by atoms with E-state index < -0.39 is 6.10 Å². The quantitative estimate of drug-likeness (QED) is 0.826. The second-order valence-corrected chi connectivity index (χ2v) is 5.64. The largest absolute Gasteiger partial charge is 0.487 e. The molecule has 20 heavy (non-hydrogen) atoms. The van der Waals surface area contributed by atoms with Gasteiger partial charge in [-0.3, -0.25) is 0 Å². The number of aliphatic hydroxyl groups excluding tert-OH is 1. The molecule has 0 saturated carbocycles. The second kappa shape index (κ2) is 6.68. The predicted molar refractivity (Wildman–Crippen MR) is 82.9 cm³/mol. The normalized spacial score (nSPS) is 12.2. The number of aliphatic hydroxyl groups is 1. The summed E-state index contributed by atoms with van der Waals surface area (Å²) in [4.78, 5) is 0. The smallest absolute Gasteiger partial charge is 0.138 e. The summed E-state index contributed by atoms with van der Waals surface area (Å²) in [6.07, 6.45) is -0.566. The molecule has 1 N–H and O–H groups in total. The molecule has 2 aromatic rings. The zero-order valence-electron chi connectivity index (χ0n) is 10.7. The lowest BCUT2D eigenvalue weighted by molar-refractivity contribution is 0.199. The Labute approximate surface area is 132 Å². The van der Waals surface area contributed by atoms with Crippen LogP contribution in [0.15, 0.2) is 36.4 Å². The molecule has 0 amide bonds. The third kappa shape index (κ3) is 3.80. The summed E-state index contributed by atoms with van der Waals surface area (Å²) >= 11 is 18.1. The Morgan fingerprint density at radius 2 is 1.80 bits per heavy atom. The first kappa shape index (κ1) is 15.5. The molecule has 0 bridgehead atoms. The van der Waals surface area contributed by atoms with Gasteiger partial charge >= 0.3 is 0 Å². The first-order valence-corrected chi connectivity index (χ1v) is 7.15. The minimum atomic E-state index is -0.566. The molecule has 2 nitrogen and oxygen atoms in total. The van der Waals surface area contributed by atoms with E-state index in [1.54, 1.807) is 43.3 Å². The summed E-state index contributed by atoms with van der Waals surface area (Å²) in [6, 6.07) is 10.4. The zero-order chi connectivity index (χ0) is 14.7. The van der Waals surface area contributed by atoms with Crippen molar-refractivity contribution in [3.05, 3.63) is 62.6 Å². The van der Waals surface area contributed by atoms with Crippen LogP contribution < -0.4 is 4.74 Å². The average molecular weight is 332 g/mol. The van der Waals surface area contributed by atoms with Crippen molar-refractivity contribution in [1.29, 1.82) is 0 Å². The molecule has 0 fully saturated rings. The van der Waals surface area contributed by atoms with Crippen molar-refractivity contribution in [3.63, 3.8) is 0 Å². The van der Waals surface area contributed by atoms with Crippen molar-refractivity contribution in [2.75, 3.05) is 0 Å². The monoisotopic (exact) mass is 330 g/mol. The van der Waals surface area contributed by atoms with Gasteiger partial charge in [0.2, 0.25) is 0 Å². The zero-order valence-corrected chi connectivity index (χ0v) is 13.0. The predicted octanol–water partition coefficient (Wildman–Crippen LogP) is 5.28. The number of rotatable bonds is 4. The van der Waals surface area contributed by atoms with Crippen molar-refractivity contribution in [3.8, 4) is 5.75 Å².